The molecule has 4 heteroatoms. The van der Waals surface area contributed by atoms with E-state index in [-0.39, 0.29) is 5.56 Å². The monoisotopic (exact) mass is 140 g/mol. The lowest BCUT2D eigenvalue weighted by Gasteiger charge is -1.89. The molecular formula is C6H4FNO2. The van der Waals surface area contributed by atoms with Crippen LogP contribution in [0, 0.1) is 5.95 Å². The van der Waals surface area contributed by atoms with Crippen molar-refractivity contribution >= 4 is 5.97 Å². The first kappa shape index (κ1) is 6.67. The number of hydrogen-bond donors (Lipinski definition) is 1. The minimum absolute atomic E-state index is 0.0126. The smallest absolute Gasteiger partial charge is 0.337 e. The Morgan fingerprint density at radius 1 is 1.60 bits per heavy atom. The maximum absolute atomic E-state index is 12.0. The predicted octanol–water partition coefficient (Wildman–Crippen LogP) is 0.919. The molecule has 1 aromatic heterocycles. The lowest BCUT2D eigenvalue weighted by Crippen LogP contribution is -1.96. The number of carbonyl (C=O) groups is 1. The summed E-state index contributed by atoms with van der Waals surface area (Å²) in [4.78, 5) is 13.3. The van der Waals surface area contributed by atoms with Gasteiger partial charge in [0, 0.05) is 6.20 Å². The largest absolute Gasteiger partial charge is 0.478 e. The van der Waals surface area contributed by atoms with Gasteiger partial charge in [-0.3, -0.25) is 0 Å². The molecule has 0 unspecified atom stereocenters. The van der Waals surface area contributed by atoms with Crippen molar-refractivity contribution in [3.8, 4) is 0 Å². The van der Waals surface area contributed by atoms with Crippen molar-refractivity contribution in [2.24, 2.45) is 0 Å². The van der Waals surface area contributed by atoms with Crippen LogP contribution < -0.4 is 0 Å². The Balaban J connectivity index is 3.00. The third-order valence-corrected chi connectivity index (χ3v) is 0.974. The number of pyridine rings is 1. The SMILES string of the molecule is O=C(O)c1ccc([18F])nc1. The van der Waals surface area contributed by atoms with E-state index in [4.69, 9.17) is 5.11 Å². The van der Waals surface area contributed by atoms with Gasteiger partial charge >= 0.3 is 5.97 Å². The molecule has 0 radical (unpaired) electrons. The van der Waals surface area contributed by atoms with Gasteiger partial charge in [0.1, 0.15) is 0 Å². The average molecular weight is 140 g/mol. The molecule has 0 amide bonds. The van der Waals surface area contributed by atoms with Crippen LogP contribution in [0.3, 0.4) is 0 Å². The molecule has 0 saturated carbocycles. The van der Waals surface area contributed by atoms with Gasteiger partial charge in [-0.05, 0) is 12.1 Å². The van der Waals surface area contributed by atoms with Crippen molar-refractivity contribution in [1.82, 2.24) is 4.98 Å². The third kappa shape index (κ3) is 1.28. The van der Waals surface area contributed by atoms with Crippen LogP contribution in [0.25, 0.3) is 0 Å². The van der Waals surface area contributed by atoms with Gasteiger partial charge in [0.25, 0.3) is 0 Å². The van der Waals surface area contributed by atoms with Crippen LogP contribution in [0.1, 0.15) is 10.4 Å². The van der Waals surface area contributed by atoms with Crippen molar-refractivity contribution in [3.63, 3.8) is 0 Å². The number of nitrogens with zero attached hydrogens (tertiary/aromatic N) is 1. The van der Waals surface area contributed by atoms with Gasteiger partial charge in [0.15, 0.2) is 0 Å². The molecule has 0 saturated heterocycles. The van der Waals surface area contributed by atoms with E-state index in [9.17, 15) is 9.18 Å². The summed E-state index contributed by atoms with van der Waals surface area (Å²) in [5.74, 6) is -1.78. The third-order valence-electron chi connectivity index (χ3n) is 0.974. The highest BCUT2D eigenvalue weighted by atomic mass is 18.2. The van der Waals surface area contributed by atoms with Gasteiger partial charge in [-0.25, -0.2) is 9.78 Å². The van der Waals surface area contributed by atoms with Gasteiger partial charge in [0.2, 0.25) is 5.95 Å². The fourth-order valence-corrected chi connectivity index (χ4v) is 0.502. The van der Waals surface area contributed by atoms with Crippen molar-refractivity contribution < 1.29 is 14.3 Å². The molecule has 1 N–H and O–H groups in total. The first-order valence-corrected chi connectivity index (χ1v) is 2.55. The van der Waals surface area contributed by atoms with E-state index in [0.717, 1.165) is 18.3 Å². The second kappa shape index (κ2) is 2.43. The van der Waals surface area contributed by atoms with Crippen molar-refractivity contribution in [1.29, 1.82) is 0 Å². The van der Waals surface area contributed by atoms with Crippen molar-refractivity contribution in [3.05, 3.63) is 29.8 Å². The summed E-state index contributed by atoms with van der Waals surface area (Å²) in [6.45, 7) is 0. The highest BCUT2D eigenvalue weighted by Gasteiger charge is 2.00. The molecule has 0 spiro atoms. The molecule has 0 aliphatic heterocycles. The van der Waals surface area contributed by atoms with Gasteiger partial charge in [0.05, 0.1) is 5.56 Å². The van der Waals surface area contributed by atoms with Crippen LogP contribution in [-0.2, 0) is 0 Å². The molecule has 0 aliphatic rings. The summed E-state index contributed by atoms with van der Waals surface area (Å²) >= 11 is 0. The van der Waals surface area contributed by atoms with Crippen LogP contribution in [0.2, 0.25) is 0 Å². The zero-order chi connectivity index (χ0) is 7.56. The maximum atomic E-state index is 12.0. The molecular weight excluding hydrogens is 136 g/mol. The van der Waals surface area contributed by atoms with Gasteiger partial charge in [-0.15, -0.1) is 0 Å². The molecule has 1 aromatic rings. The zero-order valence-electron chi connectivity index (χ0n) is 4.91. The fourth-order valence-electron chi connectivity index (χ4n) is 0.502. The van der Waals surface area contributed by atoms with E-state index in [1.165, 1.54) is 0 Å². The highest BCUT2D eigenvalue weighted by molar-refractivity contribution is 5.86. The standard InChI is InChI=1S/C6H4FNO2/c7-5-2-1-4(3-8-5)6(9)10/h1-3H,(H,9,10)/i7-1. The Bertz CT molecular complexity index is 244. The predicted molar refractivity (Wildman–Crippen MR) is 31.2 cm³/mol. The number of carboxylic acids is 1. The van der Waals surface area contributed by atoms with E-state index < -0.39 is 11.9 Å². The minimum atomic E-state index is -1.10. The molecule has 1 rings (SSSR count). The summed E-state index contributed by atoms with van der Waals surface area (Å²) in [5.41, 5.74) is -0.0126. The van der Waals surface area contributed by atoms with Gasteiger partial charge in [-0.2, -0.15) is 4.39 Å². The minimum Gasteiger partial charge on any atom is -0.478 e. The average Bonchev–Trinajstić information content (AvgIpc) is 1.88. The van der Waals surface area contributed by atoms with Gasteiger partial charge < -0.3 is 5.11 Å². The summed E-state index contributed by atoms with van der Waals surface area (Å²) in [5, 5.41) is 8.31. The van der Waals surface area contributed by atoms with Crippen molar-refractivity contribution in [2.75, 3.05) is 0 Å². The quantitative estimate of drug-likeness (QED) is 0.590. The van der Waals surface area contributed by atoms with E-state index in [0.29, 0.717) is 0 Å². The summed E-state index contributed by atoms with van der Waals surface area (Å²) in [6, 6.07) is 2.16. The number of halogens is 1. The Morgan fingerprint density at radius 2 is 2.30 bits per heavy atom. The second-order valence-electron chi connectivity index (χ2n) is 1.67. The topological polar surface area (TPSA) is 50.2 Å². The molecule has 3 nitrogen and oxygen atoms in total. The van der Waals surface area contributed by atoms with E-state index >= 15 is 0 Å². The normalized spacial score (nSPS) is 9.30. The molecule has 1 heterocycles. The molecule has 0 atom stereocenters. The Kier molecular flexibility index (Phi) is 1.62. The number of carboxylic acid groups (broad SMARTS) is 1. The first-order valence-electron chi connectivity index (χ1n) is 2.55. The molecule has 52 valence electrons. The molecule has 0 bridgehead atoms. The lowest BCUT2D eigenvalue weighted by molar-refractivity contribution is 0.0696. The van der Waals surface area contributed by atoms with Crippen LogP contribution in [-0.4, -0.2) is 16.1 Å². The van der Waals surface area contributed by atoms with E-state index in [1.54, 1.807) is 0 Å². The van der Waals surface area contributed by atoms with Gasteiger partial charge in [-0.1, -0.05) is 0 Å². The number of aromatic nitrogens is 1. The lowest BCUT2D eigenvalue weighted by atomic mass is 10.3. The number of hydrogen-bond acceptors (Lipinski definition) is 2. The van der Waals surface area contributed by atoms with Crippen molar-refractivity contribution in [2.45, 2.75) is 0 Å². The number of rotatable bonds is 1. The Hall–Kier alpha value is -1.45. The Morgan fingerprint density at radius 3 is 2.70 bits per heavy atom. The second-order valence-corrected chi connectivity index (χ2v) is 1.67. The van der Waals surface area contributed by atoms with E-state index in [2.05, 4.69) is 4.98 Å². The van der Waals surface area contributed by atoms with Crippen LogP contribution in [0.5, 0.6) is 0 Å². The molecule has 0 fully saturated rings. The Labute approximate surface area is 56.1 Å². The summed E-state index contributed by atoms with van der Waals surface area (Å²) in [6.07, 6.45) is 0.970. The highest BCUT2D eigenvalue weighted by Crippen LogP contribution is 1.97. The maximum Gasteiger partial charge on any atom is 0.337 e. The molecule has 10 heavy (non-hydrogen) atoms. The van der Waals surface area contributed by atoms with E-state index in [1.807, 2.05) is 0 Å². The number of aromatic carboxylic acids is 1. The molecule has 0 aromatic carbocycles. The van der Waals surface area contributed by atoms with Crippen LogP contribution in [0.4, 0.5) is 4.39 Å². The first-order chi connectivity index (χ1) is 4.70. The van der Waals surface area contributed by atoms with Crippen LogP contribution in [0.15, 0.2) is 18.3 Å². The fraction of sp³-hybridized carbons (Fsp3) is 0. The summed E-state index contributed by atoms with van der Waals surface area (Å²) < 4.78 is 12.0. The van der Waals surface area contributed by atoms with Crippen LogP contribution >= 0.6 is 0 Å². The zero-order valence-corrected chi connectivity index (χ0v) is 4.91. The summed E-state index contributed by atoms with van der Waals surface area (Å²) in [7, 11) is 0. The molecule has 0 aliphatic carbocycles.